The molecule has 1 atom stereocenters. The molecule has 0 saturated carbocycles. The van der Waals surface area contributed by atoms with Crippen molar-refractivity contribution in [3.8, 4) is 0 Å². The second kappa shape index (κ2) is 7.35. The average Bonchev–Trinajstić information content (AvgIpc) is 2.33. The van der Waals surface area contributed by atoms with Crippen molar-refractivity contribution in [1.82, 2.24) is 0 Å². The molecule has 0 amide bonds. The van der Waals surface area contributed by atoms with Crippen LogP contribution >= 0.6 is 0 Å². The van der Waals surface area contributed by atoms with Crippen LogP contribution in [0.4, 0.5) is 4.39 Å². The molecule has 0 nitrogen and oxygen atoms in total. The Morgan fingerprint density at radius 1 is 1.33 bits per heavy atom. The Hall–Kier alpha value is -1.11. The van der Waals surface area contributed by atoms with Crippen molar-refractivity contribution in [2.24, 2.45) is 5.92 Å². The summed E-state index contributed by atoms with van der Waals surface area (Å²) in [6.45, 7) is 10.1. The van der Waals surface area contributed by atoms with Gasteiger partial charge in [0.1, 0.15) is 5.82 Å². The summed E-state index contributed by atoms with van der Waals surface area (Å²) in [6.07, 6.45) is 5.64. The van der Waals surface area contributed by atoms with Gasteiger partial charge in [0, 0.05) is 0 Å². The molecular weight excluding hydrogens is 223 g/mol. The molecule has 100 valence electrons. The fourth-order valence-electron chi connectivity index (χ4n) is 2.17. The SMILES string of the molecule is C=C(C)CCC(CC)CCc1ccc(C)c(F)c1. The molecule has 0 radical (unpaired) electrons. The Balaban J connectivity index is 2.46. The zero-order valence-electron chi connectivity index (χ0n) is 11.9. The van der Waals surface area contributed by atoms with Crippen LogP contribution in [0, 0.1) is 18.7 Å². The van der Waals surface area contributed by atoms with Crippen molar-refractivity contribution in [2.45, 2.75) is 52.9 Å². The van der Waals surface area contributed by atoms with E-state index >= 15 is 0 Å². The predicted molar refractivity (Wildman–Crippen MR) is 77.3 cm³/mol. The lowest BCUT2D eigenvalue weighted by molar-refractivity contribution is 0.436. The Labute approximate surface area is 111 Å². The van der Waals surface area contributed by atoms with Gasteiger partial charge in [0.15, 0.2) is 0 Å². The maximum absolute atomic E-state index is 13.4. The Morgan fingerprint density at radius 2 is 2.06 bits per heavy atom. The quantitative estimate of drug-likeness (QED) is 0.563. The van der Waals surface area contributed by atoms with Crippen LogP contribution in [0.3, 0.4) is 0 Å². The molecule has 1 heteroatoms. The number of rotatable bonds is 7. The van der Waals surface area contributed by atoms with E-state index in [1.807, 2.05) is 12.1 Å². The van der Waals surface area contributed by atoms with Crippen LogP contribution in [0.1, 0.15) is 50.7 Å². The van der Waals surface area contributed by atoms with Gasteiger partial charge in [0.2, 0.25) is 0 Å². The molecule has 18 heavy (non-hydrogen) atoms. The van der Waals surface area contributed by atoms with E-state index in [4.69, 9.17) is 0 Å². The average molecular weight is 248 g/mol. The third kappa shape index (κ3) is 5.03. The van der Waals surface area contributed by atoms with E-state index in [1.54, 1.807) is 13.0 Å². The van der Waals surface area contributed by atoms with Crippen LogP contribution in [0.15, 0.2) is 30.4 Å². The molecule has 0 aliphatic heterocycles. The van der Waals surface area contributed by atoms with E-state index in [0.717, 1.165) is 36.3 Å². The third-order valence-electron chi connectivity index (χ3n) is 3.63. The van der Waals surface area contributed by atoms with Crippen LogP contribution in [0.2, 0.25) is 0 Å². The number of halogens is 1. The van der Waals surface area contributed by atoms with Gasteiger partial charge in [-0.2, -0.15) is 0 Å². The predicted octanol–water partition coefficient (Wildman–Crippen LogP) is 5.45. The van der Waals surface area contributed by atoms with Gasteiger partial charge in [-0.3, -0.25) is 0 Å². The minimum absolute atomic E-state index is 0.0810. The molecule has 1 rings (SSSR count). The summed E-state index contributed by atoms with van der Waals surface area (Å²) in [5.41, 5.74) is 3.11. The Morgan fingerprint density at radius 3 is 2.61 bits per heavy atom. The lowest BCUT2D eigenvalue weighted by Gasteiger charge is -2.14. The largest absolute Gasteiger partial charge is 0.207 e. The summed E-state index contributed by atoms with van der Waals surface area (Å²) in [7, 11) is 0. The van der Waals surface area contributed by atoms with E-state index < -0.39 is 0 Å². The standard InChI is InChI=1S/C17H25F/c1-5-15(8-6-13(2)3)10-11-16-9-7-14(4)17(18)12-16/h7,9,12,15H,2,5-6,8,10-11H2,1,3-4H3. The van der Waals surface area contributed by atoms with Gasteiger partial charge in [-0.25, -0.2) is 4.39 Å². The molecule has 0 spiro atoms. The molecule has 0 bridgehead atoms. The zero-order chi connectivity index (χ0) is 13.5. The number of benzene rings is 1. The zero-order valence-corrected chi connectivity index (χ0v) is 11.9. The van der Waals surface area contributed by atoms with Gasteiger partial charge in [-0.05, 0) is 62.6 Å². The lowest BCUT2D eigenvalue weighted by atomic mass is 9.91. The van der Waals surface area contributed by atoms with Gasteiger partial charge < -0.3 is 0 Å². The van der Waals surface area contributed by atoms with E-state index in [1.165, 1.54) is 18.4 Å². The second-order valence-corrected chi connectivity index (χ2v) is 5.39. The van der Waals surface area contributed by atoms with Crippen molar-refractivity contribution < 1.29 is 4.39 Å². The molecule has 1 unspecified atom stereocenters. The highest BCUT2D eigenvalue weighted by molar-refractivity contribution is 5.23. The summed E-state index contributed by atoms with van der Waals surface area (Å²) in [5.74, 6) is 0.647. The number of aryl methyl sites for hydroxylation is 2. The summed E-state index contributed by atoms with van der Waals surface area (Å²) >= 11 is 0. The van der Waals surface area contributed by atoms with Gasteiger partial charge >= 0.3 is 0 Å². The van der Waals surface area contributed by atoms with Crippen LogP contribution in [0.25, 0.3) is 0 Å². The highest BCUT2D eigenvalue weighted by Gasteiger charge is 2.07. The summed E-state index contributed by atoms with van der Waals surface area (Å²) in [6, 6.07) is 5.60. The summed E-state index contributed by atoms with van der Waals surface area (Å²) in [5, 5.41) is 0. The first kappa shape index (κ1) is 14.9. The molecule has 0 heterocycles. The first-order valence-corrected chi connectivity index (χ1v) is 6.92. The molecule has 0 N–H and O–H groups in total. The Kier molecular flexibility index (Phi) is 6.11. The van der Waals surface area contributed by atoms with E-state index in [9.17, 15) is 4.39 Å². The first-order valence-electron chi connectivity index (χ1n) is 6.92. The molecule has 0 aliphatic rings. The summed E-state index contributed by atoms with van der Waals surface area (Å²) < 4.78 is 13.4. The van der Waals surface area contributed by atoms with E-state index in [2.05, 4.69) is 20.4 Å². The molecule has 0 fully saturated rings. The van der Waals surface area contributed by atoms with E-state index in [0.29, 0.717) is 0 Å². The molecule has 1 aromatic carbocycles. The second-order valence-electron chi connectivity index (χ2n) is 5.39. The number of hydrogen-bond donors (Lipinski definition) is 0. The van der Waals surface area contributed by atoms with Crippen LogP contribution in [0.5, 0.6) is 0 Å². The van der Waals surface area contributed by atoms with E-state index in [-0.39, 0.29) is 5.82 Å². The fraction of sp³-hybridized carbons (Fsp3) is 0.529. The van der Waals surface area contributed by atoms with Crippen molar-refractivity contribution in [2.75, 3.05) is 0 Å². The highest BCUT2D eigenvalue weighted by atomic mass is 19.1. The third-order valence-corrected chi connectivity index (χ3v) is 3.63. The van der Waals surface area contributed by atoms with Crippen molar-refractivity contribution in [1.29, 1.82) is 0 Å². The topological polar surface area (TPSA) is 0 Å². The number of allylic oxidation sites excluding steroid dienone is 1. The van der Waals surface area contributed by atoms with Crippen molar-refractivity contribution in [3.63, 3.8) is 0 Å². The van der Waals surface area contributed by atoms with Gasteiger partial charge in [0.25, 0.3) is 0 Å². The highest BCUT2D eigenvalue weighted by Crippen LogP contribution is 2.21. The van der Waals surface area contributed by atoms with Crippen LogP contribution in [-0.2, 0) is 6.42 Å². The molecule has 0 aliphatic carbocycles. The lowest BCUT2D eigenvalue weighted by Crippen LogP contribution is -2.02. The van der Waals surface area contributed by atoms with Gasteiger partial charge in [0.05, 0.1) is 0 Å². The smallest absolute Gasteiger partial charge is 0.126 e. The van der Waals surface area contributed by atoms with Crippen LogP contribution in [-0.4, -0.2) is 0 Å². The van der Waals surface area contributed by atoms with Crippen LogP contribution < -0.4 is 0 Å². The first-order chi connectivity index (χ1) is 8.52. The van der Waals surface area contributed by atoms with Crippen molar-refractivity contribution >= 4 is 0 Å². The normalized spacial score (nSPS) is 12.4. The van der Waals surface area contributed by atoms with Gasteiger partial charge in [-0.1, -0.05) is 31.1 Å². The maximum Gasteiger partial charge on any atom is 0.126 e. The minimum atomic E-state index is -0.0810. The molecule has 0 saturated heterocycles. The molecule has 1 aromatic rings. The monoisotopic (exact) mass is 248 g/mol. The Bertz CT molecular complexity index is 393. The molecular formula is C17H25F. The molecule has 0 aromatic heterocycles. The van der Waals surface area contributed by atoms with Gasteiger partial charge in [-0.15, -0.1) is 6.58 Å². The fourth-order valence-corrected chi connectivity index (χ4v) is 2.17. The summed E-state index contributed by atoms with van der Waals surface area (Å²) in [4.78, 5) is 0. The van der Waals surface area contributed by atoms with Crippen molar-refractivity contribution in [3.05, 3.63) is 47.3 Å². The minimum Gasteiger partial charge on any atom is -0.207 e. The number of hydrogen-bond acceptors (Lipinski definition) is 0. The maximum atomic E-state index is 13.4.